The molecule has 1 aliphatic carbocycles. The summed E-state index contributed by atoms with van der Waals surface area (Å²) in [6, 6.07) is 0.399. The van der Waals surface area contributed by atoms with Crippen molar-refractivity contribution in [3.05, 3.63) is 0 Å². The van der Waals surface area contributed by atoms with E-state index in [-0.39, 0.29) is 17.6 Å². The summed E-state index contributed by atoms with van der Waals surface area (Å²) in [5.74, 6) is 1.43. The first-order valence-electron chi connectivity index (χ1n) is 7.93. The SMILES string of the molecule is CC(C)NC(=O)N1CCC2CCC21C1CCCNC1. The van der Waals surface area contributed by atoms with Crippen LogP contribution in [0.4, 0.5) is 4.79 Å². The van der Waals surface area contributed by atoms with Crippen LogP contribution in [-0.4, -0.2) is 42.1 Å². The number of hydrogen-bond donors (Lipinski definition) is 2. The first kappa shape index (κ1) is 13.2. The van der Waals surface area contributed by atoms with E-state index in [9.17, 15) is 4.79 Å². The molecule has 2 N–H and O–H groups in total. The minimum Gasteiger partial charge on any atom is -0.336 e. The molecule has 0 spiro atoms. The second kappa shape index (κ2) is 4.97. The highest BCUT2D eigenvalue weighted by Crippen LogP contribution is 2.55. The molecule has 3 rings (SSSR count). The maximum atomic E-state index is 12.5. The van der Waals surface area contributed by atoms with Gasteiger partial charge in [-0.25, -0.2) is 4.79 Å². The average molecular weight is 265 g/mol. The minimum absolute atomic E-state index is 0.169. The van der Waals surface area contributed by atoms with Gasteiger partial charge in [-0.15, -0.1) is 0 Å². The van der Waals surface area contributed by atoms with Crippen LogP contribution in [0, 0.1) is 11.8 Å². The molecule has 19 heavy (non-hydrogen) atoms. The van der Waals surface area contributed by atoms with Crippen LogP contribution >= 0.6 is 0 Å². The van der Waals surface area contributed by atoms with Gasteiger partial charge in [-0.1, -0.05) is 0 Å². The average Bonchev–Trinajstić information content (AvgIpc) is 2.62. The predicted octanol–water partition coefficient (Wildman–Crippen LogP) is 1.96. The van der Waals surface area contributed by atoms with Gasteiger partial charge >= 0.3 is 6.03 Å². The maximum Gasteiger partial charge on any atom is 0.318 e. The normalized spacial score (nSPS) is 37.9. The lowest BCUT2D eigenvalue weighted by Gasteiger charge is -2.55. The minimum atomic E-state index is 0.169. The topological polar surface area (TPSA) is 44.4 Å². The van der Waals surface area contributed by atoms with Crippen molar-refractivity contribution in [3.63, 3.8) is 0 Å². The van der Waals surface area contributed by atoms with Crippen molar-refractivity contribution in [2.24, 2.45) is 11.8 Å². The van der Waals surface area contributed by atoms with Gasteiger partial charge in [0.1, 0.15) is 0 Å². The second-order valence-corrected chi connectivity index (χ2v) is 6.81. The van der Waals surface area contributed by atoms with Gasteiger partial charge in [-0.05, 0) is 64.3 Å². The summed E-state index contributed by atoms with van der Waals surface area (Å²) in [6.07, 6.45) is 6.30. The van der Waals surface area contributed by atoms with Gasteiger partial charge in [-0.3, -0.25) is 0 Å². The molecule has 0 bridgehead atoms. The molecule has 2 aliphatic heterocycles. The van der Waals surface area contributed by atoms with E-state index >= 15 is 0 Å². The van der Waals surface area contributed by atoms with E-state index in [1.165, 1.54) is 32.1 Å². The third kappa shape index (κ3) is 2.04. The van der Waals surface area contributed by atoms with Gasteiger partial charge in [0.05, 0.1) is 5.54 Å². The smallest absolute Gasteiger partial charge is 0.318 e. The molecule has 108 valence electrons. The predicted molar refractivity (Wildman–Crippen MR) is 76.0 cm³/mol. The zero-order valence-electron chi connectivity index (χ0n) is 12.2. The number of rotatable bonds is 2. The molecule has 0 aromatic rings. The Morgan fingerprint density at radius 1 is 1.32 bits per heavy atom. The highest BCUT2D eigenvalue weighted by molar-refractivity contribution is 5.76. The lowest BCUT2D eigenvalue weighted by Crippen LogP contribution is -2.65. The van der Waals surface area contributed by atoms with Gasteiger partial charge in [0, 0.05) is 19.1 Å². The van der Waals surface area contributed by atoms with Crippen LogP contribution in [0.25, 0.3) is 0 Å². The monoisotopic (exact) mass is 265 g/mol. The van der Waals surface area contributed by atoms with Gasteiger partial charge in [0.25, 0.3) is 0 Å². The Morgan fingerprint density at radius 3 is 2.74 bits per heavy atom. The molecule has 0 radical (unpaired) electrons. The molecular formula is C15H27N3O. The van der Waals surface area contributed by atoms with Gasteiger partial charge in [0.2, 0.25) is 0 Å². The highest BCUT2D eigenvalue weighted by atomic mass is 16.2. The number of amides is 2. The molecule has 2 amide bonds. The Balaban J connectivity index is 1.78. The zero-order valence-corrected chi connectivity index (χ0v) is 12.2. The fourth-order valence-electron chi connectivity index (χ4n) is 4.54. The fourth-order valence-corrected chi connectivity index (χ4v) is 4.54. The van der Waals surface area contributed by atoms with Crippen LogP contribution in [0.3, 0.4) is 0 Å². The number of nitrogens with one attached hydrogen (secondary N) is 2. The van der Waals surface area contributed by atoms with Crippen molar-refractivity contribution in [2.75, 3.05) is 19.6 Å². The molecule has 3 aliphatic rings. The molecular weight excluding hydrogens is 238 g/mol. The molecule has 4 nitrogen and oxygen atoms in total. The molecule has 3 atom stereocenters. The Morgan fingerprint density at radius 2 is 2.16 bits per heavy atom. The van der Waals surface area contributed by atoms with E-state index in [2.05, 4.69) is 15.5 Å². The Kier molecular flexibility index (Phi) is 3.46. The number of urea groups is 1. The number of nitrogens with zero attached hydrogens (tertiary/aromatic N) is 1. The van der Waals surface area contributed by atoms with Crippen LogP contribution in [0.1, 0.15) is 46.0 Å². The highest BCUT2D eigenvalue weighted by Gasteiger charge is 2.60. The molecule has 1 saturated carbocycles. The lowest BCUT2D eigenvalue weighted by atomic mass is 9.59. The Bertz CT molecular complexity index is 351. The van der Waals surface area contributed by atoms with Crippen LogP contribution in [-0.2, 0) is 0 Å². The third-order valence-electron chi connectivity index (χ3n) is 5.47. The summed E-state index contributed by atoms with van der Waals surface area (Å²) < 4.78 is 0. The summed E-state index contributed by atoms with van der Waals surface area (Å²) >= 11 is 0. The Hall–Kier alpha value is -0.770. The summed E-state index contributed by atoms with van der Waals surface area (Å²) in [5.41, 5.74) is 0.187. The molecule has 0 aromatic heterocycles. The number of piperidine rings is 1. The molecule has 4 heteroatoms. The summed E-state index contributed by atoms with van der Waals surface area (Å²) in [6.45, 7) is 7.29. The summed E-state index contributed by atoms with van der Waals surface area (Å²) in [5, 5.41) is 6.63. The summed E-state index contributed by atoms with van der Waals surface area (Å²) in [4.78, 5) is 14.7. The van der Waals surface area contributed by atoms with Crippen LogP contribution < -0.4 is 10.6 Å². The number of carbonyl (C=O) groups is 1. The second-order valence-electron chi connectivity index (χ2n) is 6.81. The maximum absolute atomic E-state index is 12.5. The van der Waals surface area contributed by atoms with Crippen molar-refractivity contribution >= 4 is 6.03 Å². The van der Waals surface area contributed by atoms with E-state index in [0.717, 1.165) is 25.6 Å². The van der Waals surface area contributed by atoms with E-state index in [1.807, 2.05) is 13.8 Å². The molecule has 2 heterocycles. The summed E-state index contributed by atoms with van der Waals surface area (Å²) in [7, 11) is 0. The van der Waals surface area contributed by atoms with Crippen molar-refractivity contribution in [1.82, 2.24) is 15.5 Å². The molecule has 0 aromatic carbocycles. The first-order valence-corrected chi connectivity index (χ1v) is 7.93. The van der Waals surface area contributed by atoms with Crippen LogP contribution in [0.15, 0.2) is 0 Å². The lowest BCUT2D eigenvalue weighted by molar-refractivity contribution is -0.0208. The van der Waals surface area contributed by atoms with E-state index in [1.54, 1.807) is 0 Å². The zero-order chi connectivity index (χ0) is 13.5. The number of carbonyl (C=O) groups excluding carboxylic acids is 1. The van der Waals surface area contributed by atoms with Gasteiger partial charge in [0.15, 0.2) is 0 Å². The van der Waals surface area contributed by atoms with Crippen molar-refractivity contribution in [2.45, 2.75) is 57.5 Å². The van der Waals surface area contributed by atoms with Crippen molar-refractivity contribution in [1.29, 1.82) is 0 Å². The Labute approximate surface area is 116 Å². The molecule has 3 fully saturated rings. The third-order valence-corrected chi connectivity index (χ3v) is 5.47. The first-order chi connectivity index (χ1) is 9.14. The van der Waals surface area contributed by atoms with E-state index in [0.29, 0.717) is 5.92 Å². The number of hydrogen-bond acceptors (Lipinski definition) is 2. The van der Waals surface area contributed by atoms with Crippen molar-refractivity contribution in [3.8, 4) is 0 Å². The molecule has 2 saturated heterocycles. The van der Waals surface area contributed by atoms with Gasteiger partial charge < -0.3 is 15.5 Å². The largest absolute Gasteiger partial charge is 0.336 e. The molecule has 3 unspecified atom stereocenters. The number of likely N-dealkylation sites (tertiary alicyclic amines) is 1. The number of fused-ring (bicyclic) bond motifs is 1. The quantitative estimate of drug-likeness (QED) is 0.801. The van der Waals surface area contributed by atoms with Gasteiger partial charge in [-0.2, -0.15) is 0 Å². The standard InChI is InChI=1S/C15H27N3O/c1-11(2)17-14(19)18-9-6-12-5-7-15(12,18)13-4-3-8-16-10-13/h11-13,16H,3-10H2,1-2H3,(H,17,19). The van der Waals surface area contributed by atoms with Crippen LogP contribution in [0.5, 0.6) is 0 Å². The van der Waals surface area contributed by atoms with Crippen LogP contribution in [0.2, 0.25) is 0 Å². The van der Waals surface area contributed by atoms with E-state index < -0.39 is 0 Å². The van der Waals surface area contributed by atoms with Crippen molar-refractivity contribution < 1.29 is 4.79 Å². The fraction of sp³-hybridized carbons (Fsp3) is 0.933. The van der Waals surface area contributed by atoms with E-state index in [4.69, 9.17) is 0 Å².